The summed E-state index contributed by atoms with van der Waals surface area (Å²) in [5.74, 6) is -2.00. The molecule has 0 aromatic rings. The van der Waals surface area contributed by atoms with E-state index in [9.17, 15) is 24.3 Å². The monoisotopic (exact) mass is 329 g/mol. The smallest absolute Gasteiger partial charge is 0.408 e. The Hall–Kier alpha value is -2.32. The molecule has 0 aromatic heterocycles. The van der Waals surface area contributed by atoms with E-state index >= 15 is 0 Å². The van der Waals surface area contributed by atoms with Crippen molar-refractivity contribution in [3.63, 3.8) is 0 Å². The summed E-state index contributed by atoms with van der Waals surface area (Å²) in [7, 11) is 0. The summed E-state index contributed by atoms with van der Waals surface area (Å²) in [6, 6.07) is 0. The van der Waals surface area contributed by atoms with Crippen LogP contribution < -0.4 is 10.6 Å². The van der Waals surface area contributed by atoms with Crippen molar-refractivity contribution in [3.05, 3.63) is 0 Å². The van der Waals surface area contributed by atoms with Gasteiger partial charge in [-0.2, -0.15) is 0 Å². The van der Waals surface area contributed by atoms with Gasteiger partial charge < -0.3 is 25.4 Å². The largest absolute Gasteiger partial charge is 0.479 e. The van der Waals surface area contributed by atoms with Crippen LogP contribution in [-0.2, 0) is 19.1 Å². The minimum atomic E-state index is -1.59. The van der Waals surface area contributed by atoms with Gasteiger partial charge in [-0.15, -0.1) is 0 Å². The molecule has 1 atom stereocenters. The normalized spacial score (nSPS) is 20.8. The second kappa shape index (κ2) is 6.84. The van der Waals surface area contributed by atoms with E-state index < -0.39 is 29.1 Å². The summed E-state index contributed by atoms with van der Waals surface area (Å²) in [5, 5.41) is 14.2. The molecule has 1 unspecified atom stereocenters. The van der Waals surface area contributed by atoms with Gasteiger partial charge in [0.15, 0.2) is 5.54 Å². The number of rotatable bonds is 4. The number of likely N-dealkylation sites (tertiary alicyclic amines) is 1. The molecule has 130 valence electrons. The lowest BCUT2D eigenvalue weighted by molar-refractivity contribution is -0.144. The third-order valence-electron chi connectivity index (χ3n) is 3.26. The van der Waals surface area contributed by atoms with Gasteiger partial charge in [0.2, 0.25) is 11.8 Å². The first-order chi connectivity index (χ1) is 10.4. The van der Waals surface area contributed by atoms with Crippen LogP contribution in [0.4, 0.5) is 4.79 Å². The number of carboxylic acids is 1. The predicted molar refractivity (Wildman–Crippen MR) is 79.6 cm³/mol. The van der Waals surface area contributed by atoms with Gasteiger partial charge in [-0.25, -0.2) is 9.59 Å². The van der Waals surface area contributed by atoms with Crippen molar-refractivity contribution >= 4 is 23.9 Å². The highest BCUT2D eigenvalue weighted by Crippen LogP contribution is 2.23. The second-order valence-corrected chi connectivity index (χ2v) is 6.49. The highest BCUT2D eigenvalue weighted by molar-refractivity contribution is 5.88. The number of nitrogens with zero attached hydrogens (tertiary/aromatic N) is 1. The van der Waals surface area contributed by atoms with Gasteiger partial charge >= 0.3 is 12.1 Å². The van der Waals surface area contributed by atoms with E-state index in [1.165, 1.54) is 11.8 Å². The molecule has 1 saturated heterocycles. The average Bonchev–Trinajstić information content (AvgIpc) is 2.79. The topological polar surface area (TPSA) is 125 Å². The van der Waals surface area contributed by atoms with Crippen molar-refractivity contribution in [2.24, 2.45) is 0 Å². The van der Waals surface area contributed by atoms with Gasteiger partial charge in [-0.1, -0.05) is 0 Å². The van der Waals surface area contributed by atoms with Crippen molar-refractivity contribution in [2.45, 2.75) is 45.3 Å². The molecular weight excluding hydrogens is 306 g/mol. The second-order valence-electron chi connectivity index (χ2n) is 6.49. The maximum atomic E-state index is 11.9. The molecule has 9 heteroatoms. The molecule has 3 amide bonds. The van der Waals surface area contributed by atoms with E-state index in [-0.39, 0.29) is 32.0 Å². The number of ether oxygens (including phenoxy) is 1. The van der Waals surface area contributed by atoms with Gasteiger partial charge in [0.05, 0.1) is 13.1 Å². The number of nitrogens with one attached hydrogen (secondary N) is 2. The lowest BCUT2D eigenvalue weighted by Gasteiger charge is -2.28. The summed E-state index contributed by atoms with van der Waals surface area (Å²) in [6.45, 7) is 6.05. The summed E-state index contributed by atoms with van der Waals surface area (Å²) >= 11 is 0. The van der Waals surface area contributed by atoms with Gasteiger partial charge in [0.25, 0.3) is 0 Å². The molecule has 1 fully saturated rings. The summed E-state index contributed by atoms with van der Waals surface area (Å²) in [5.41, 5.74) is -2.35. The van der Waals surface area contributed by atoms with E-state index in [4.69, 9.17) is 4.74 Å². The van der Waals surface area contributed by atoms with E-state index in [0.29, 0.717) is 0 Å². The molecule has 0 bridgehead atoms. The summed E-state index contributed by atoms with van der Waals surface area (Å²) < 4.78 is 5.08. The van der Waals surface area contributed by atoms with Crippen molar-refractivity contribution in [1.29, 1.82) is 0 Å². The van der Waals surface area contributed by atoms with Crippen molar-refractivity contribution in [1.82, 2.24) is 15.5 Å². The number of hydrogen-bond acceptors (Lipinski definition) is 5. The highest BCUT2D eigenvalue weighted by atomic mass is 16.6. The van der Waals surface area contributed by atoms with E-state index in [1.807, 2.05) is 0 Å². The number of alkyl carbamates (subject to hydrolysis) is 1. The molecule has 0 saturated carbocycles. The molecule has 1 aliphatic rings. The minimum absolute atomic E-state index is 0.0629. The van der Waals surface area contributed by atoms with Crippen LogP contribution in [0, 0.1) is 0 Å². The third-order valence-corrected chi connectivity index (χ3v) is 3.26. The van der Waals surface area contributed by atoms with Crippen LogP contribution in [0.2, 0.25) is 0 Å². The van der Waals surface area contributed by atoms with Gasteiger partial charge in [-0.05, 0) is 20.8 Å². The van der Waals surface area contributed by atoms with Crippen molar-refractivity contribution in [2.75, 3.05) is 19.6 Å². The first kappa shape index (κ1) is 18.7. The molecular formula is C14H23N3O6. The van der Waals surface area contributed by atoms with E-state index in [2.05, 4.69) is 10.6 Å². The van der Waals surface area contributed by atoms with E-state index in [1.54, 1.807) is 20.8 Å². The number of carboxylic acid groups (broad SMARTS) is 1. The van der Waals surface area contributed by atoms with Crippen LogP contribution in [-0.4, -0.2) is 64.7 Å². The summed E-state index contributed by atoms with van der Waals surface area (Å²) in [6.07, 6.45) is -0.788. The van der Waals surface area contributed by atoms with Crippen molar-refractivity contribution in [3.8, 4) is 0 Å². The Morgan fingerprint density at radius 3 is 2.35 bits per heavy atom. The Kier molecular flexibility index (Phi) is 5.57. The predicted octanol–water partition coefficient (Wildman–Crippen LogP) is -0.297. The number of hydrogen-bond donors (Lipinski definition) is 3. The maximum Gasteiger partial charge on any atom is 0.408 e. The first-order valence-corrected chi connectivity index (χ1v) is 7.22. The van der Waals surface area contributed by atoms with Gasteiger partial charge in [0, 0.05) is 19.9 Å². The molecule has 1 aliphatic heterocycles. The molecule has 3 N–H and O–H groups in total. The summed E-state index contributed by atoms with van der Waals surface area (Å²) in [4.78, 5) is 47.5. The molecule has 0 spiro atoms. The van der Waals surface area contributed by atoms with Crippen molar-refractivity contribution < 1.29 is 29.0 Å². The molecule has 23 heavy (non-hydrogen) atoms. The Morgan fingerprint density at radius 1 is 1.26 bits per heavy atom. The zero-order chi connectivity index (χ0) is 17.8. The Balaban J connectivity index is 2.73. The number of amides is 3. The lowest BCUT2D eigenvalue weighted by Crippen LogP contribution is -2.57. The Morgan fingerprint density at radius 2 is 1.87 bits per heavy atom. The minimum Gasteiger partial charge on any atom is -0.479 e. The molecule has 0 aromatic carbocycles. The van der Waals surface area contributed by atoms with Crippen LogP contribution in [0.3, 0.4) is 0 Å². The molecule has 9 nitrogen and oxygen atoms in total. The number of carbonyl (C=O) groups is 4. The maximum absolute atomic E-state index is 11.9. The first-order valence-electron chi connectivity index (χ1n) is 7.22. The zero-order valence-corrected chi connectivity index (χ0v) is 13.8. The van der Waals surface area contributed by atoms with Crippen LogP contribution in [0.25, 0.3) is 0 Å². The highest BCUT2D eigenvalue weighted by Gasteiger charge is 2.48. The number of aliphatic carboxylic acids is 1. The average molecular weight is 329 g/mol. The Bertz CT molecular complexity index is 513. The van der Waals surface area contributed by atoms with Crippen LogP contribution in [0.5, 0.6) is 0 Å². The Labute approximate surface area is 134 Å². The fourth-order valence-corrected chi connectivity index (χ4v) is 2.16. The van der Waals surface area contributed by atoms with Crippen LogP contribution in [0.15, 0.2) is 0 Å². The molecule has 0 aliphatic carbocycles. The van der Waals surface area contributed by atoms with Gasteiger partial charge in [0.1, 0.15) is 5.60 Å². The quantitative estimate of drug-likeness (QED) is 0.650. The number of carbonyl (C=O) groups excluding carboxylic acids is 3. The fourth-order valence-electron chi connectivity index (χ4n) is 2.16. The fraction of sp³-hybridized carbons (Fsp3) is 0.714. The molecule has 1 heterocycles. The SMILES string of the molecule is CC(=O)NCC(=O)N1CCC(NC(=O)OC(C)(C)C)(C(=O)O)C1. The van der Waals surface area contributed by atoms with E-state index in [0.717, 1.165) is 0 Å². The van der Waals surface area contributed by atoms with Crippen LogP contribution in [0.1, 0.15) is 34.1 Å². The third kappa shape index (κ3) is 5.42. The standard InChI is InChI=1S/C14H23N3O6/c1-9(18)15-7-10(19)17-6-5-14(8-17,11(20)21)16-12(22)23-13(2,3)4/h5-8H2,1-4H3,(H,15,18)(H,16,22)(H,20,21). The molecule has 0 radical (unpaired) electrons. The molecule has 1 rings (SSSR count). The zero-order valence-electron chi connectivity index (χ0n) is 13.8. The van der Waals surface area contributed by atoms with Gasteiger partial charge in [-0.3, -0.25) is 9.59 Å². The lowest BCUT2D eigenvalue weighted by atomic mass is 9.99. The van der Waals surface area contributed by atoms with Crippen LogP contribution >= 0.6 is 0 Å².